The lowest BCUT2D eigenvalue weighted by Crippen LogP contribution is -2.43. The van der Waals surface area contributed by atoms with E-state index >= 15 is 0 Å². The number of piperidine rings is 2. The second kappa shape index (κ2) is 15.0. The molecule has 2 heterocycles. The van der Waals surface area contributed by atoms with Crippen LogP contribution in [0.1, 0.15) is 73.6 Å². The summed E-state index contributed by atoms with van der Waals surface area (Å²) in [7, 11) is 0. The van der Waals surface area contributed by atoms with Crippen molar-refractivity contribution in [3.8, 4) is 0 Å². The van der Waals surface area contributed by atoms with Crippen LogP contribution < -0.4 is 5.32 Å². The van der Waals surface area contributed by atoms with Gasteiger partial charge in [-0.25, -0.2) is 0 Å². The summed E-state index contributed by atoms with van der Waals surface area (Å²) in [5.41, 5.74) is 0. The van der Waals surface area contributed by atoms with Crippen molar-refractivity contribution < 1.29 is 9.59 Å². The Hall–Kier alpha value is -1.10. The molecule has 2 fully saturated rings. The van der Waals surface area contributed by atoms with Crippen molar-refractivity contribution in [2.45, 2.75) is 79.7 Å². The zero-order valence-corrected chi connectivity index (χ0v) is 18.1. The number of nitrogens with zero attached hydrogens (tertiary/aromatic N) is 2. The van der Waals surface area contributed by atoms with E-state index in [0.717, 1.165) is 64.3 Å². The van der Waals surface area contributed by atoms with E-state index < -0.39 is 0 Å². The second-order valence-electron chi connectivity index (χ2n) is 7.52. The molecule has 26 heavy (non-hydrogen) atoms. The van der Waals surface area contributed by atoms with Gasteiger partial charge >= 0.3 is 0 Å². The number of hydrogen-bond donors (Lipinski definition) is 1. The molecule has 2 saturated heterocycles. The van der Waals surface area contributed by atoms with Crippen molar-refractivity contribution >= 4 is 12.3 Å². The highest BCUT2D eigenvalue weighted by Gasteiger charge is 2.25. The summed E-state index contributed by atoms with van der Waals surface area (Å²) in [6.45, 7) is 17.7. The number of likely N-dealkylation sites (tertiary alicyclic amines) is 2. The average Bonchev–Trinajstić information content (AvgIpc) is 2.69. The Morgan fingerprint density at radius 2 is 1.62 bits per heavy atom. The van der Waals surface area contributed by atoms with Crippen molar-refractivity contribution in [1.82, 2.24) is 15.1 Å². The number of amides is 2. The molecule has 0 saturated carbocycles. The average molecular weight is 370 g/mol. The summed E-state index contributed by atoms with van der Waals surface area (Å²) in [6, 6.07) is 0.615. The maximum absolute atomic E-state index is 11.7. The van der Waals surface area contributed by atoms with Crippen molar-refractivity contribution in [2.75, 3.05) is 32.7 Å². The zero-order valence-electron chi connectivity index (χ0n) is 18.1. The van der Waals surface area contributed by atoms with E-state index in [-0.39, 0.29) is 11.8 Å². The third kappa shape index (κ3) is 10.1. The van der Waals surface area contributed by atoms with Gasteiger partial charge in [-0.3, -0.25) is 9.59 Å². The molecule has 2 aliphatic rings. The molecule has 5 heteroatoms. The molecule has 2 amide bonds. The van der Waals surface area contributed by atoms with E-state index in [1.54, 1.807) is 0 Å². The molecule has 0 aromatic rings. The smallest absolute Gasteiger partial charge is 0.223 e. The van der Waals surface area contributed by atoms with Crippen LogP contribution in [0.3, 0.4) is 0 Å². The highest BCUT2D eigenvalue weighted by atomic mass is 16.2. The maximum atomic E-state index is 11.7. The summed E-state index contributed by atoms with van der Waals surface area (Å²) in [4.78, 5) is 26.2. The van der Waals surface area contributed by atoms with E-state index in [2.05, 4.69) is 37.9 Å². The Balaban J connectivity index is 0.000000484. The number of carbonyl (C=O) groups is 2. The van der Waals surface area contributed by atoms with Gasteiger partial charge in [0.2, 0.25) is 12.3 Å². The van der Waals surface area contributed by atoms with Crippen molar-refractivity contribution in [2.24, 2.45) is 11.8 Å². The van der Waals surface area contributed by atoms with Gasteiger partial charge in [-0.2, -0.15) is 0 Å². The zero-order chi connectivity index (χ0) is 19.9. The monoisotopic (exact) mass is 369 g/mol. The minimum atomic E-state index is 0.256. The predicted octanol–water partition coefficient (Wildman–Crippen LogP) is 3.53. The van der Waals surface area contributed by atoms with Gasteiger partial charge in [0.1, 0.15) is 0 Å². The molecular formula is C21H43N3O2. The van der Waals surface area contributed by atoms with E-state index in [4.69, 9.17) is 0 Å². The van der Waals surface area contributed by atoms with Gasteiger partial charge in [-0.05, 0) is 65.0 Å². The Morgan fingerprint density at radius 1 is 1.08 bits per heavy atom. The fourth-order valence-electron chi connectivity index (χ4n) is 3.20. The Labute approximate surface area is 161 Å². The summed E-state index contributed by atoms with van der Waals surface area (Å²) >= 11 is 0. The Kier molecular flexibility index (Phi) is 14.4. The molecule has 2 aliphatic heterocycles. The van der Waals surface area contributed by atoms with Crippen molar-refractivity contribution in [3.05, 3.63) is 0 Å². The highest BCUT2D eigenvalue weighted by molar-refractivity contribution is 5.78. The summed E-state index contributed by atoms with van der Waals surface area (Å²) in [6.07, 6.45) is 6.38. The van der Waals surface area contributed by atoms with Gasteiger partial charge in [0.15, 0.2) is 0 Å². The molecule has 0 aromatic carbocycles. The first-order valence-corrected chi connectivity index (χ1v) is 10.7. The van der Waals surface area contributed by atoms with Crippen LogP contribution >= 0.6 is 0 Å². The van der Waals surface area contributed by atoms with Crippen LogP contribution in [-0.2, 0) is 9.59 Å². The van der Waals surface area contributed by atoms with Gasteiger partial charge in [0.05, 0.1) is 0 Å². The molecule has 1 N–H and O–H groups in total. The topological polar surface area (TPSA) is 52.7 Å². The lowest BCUT2D eigenvalue weighted by atomic mass is 9.95. The lowest BCUT2D eigenvalue weighted by molar-refractivity contribution is -0.126. The third-order valence-electron chi connectivity index (χ3n) is 5.15. The first kappa shape index (κ1) is 24.9. The van der Waals surface area contributed by atoms with Crippen LogP contribution in [0.5, 0.6) is 0 Å². The highest BCUT2D eigenvalue weighted by Crippen LogP contribution is 2.18. The minimum absolute atomic E-state index is 0.256. The van der Waals surface area contributed by atoms with Crippen LogP contribution in [-0.4, -0.2) is 60.9 Å². The van der Waals surface area contributed by atoms with Crippen molar-refractivity contribution in [3.63, 3.8) is 0 Å². The van der Waals surface area contributed by atoms with Gasteiger partial charge in [0.25, 0.3) is 0 Å². The Bertz CT molecular complexity index is 358. The van der Waals surface area contributed by atoms with Crippen LogP contribution in [0.2, 0.25) is 0 Å². The molecule has 0 spiro atoms. The van der Waals surface area contributed by atoms with E-state index in [1.807, 2.05) is 18.7 Å². The standard InChI is InChI=1S/C12H24N2O.C7H13NO.C2H6/c1-4-7-13-12(15)11-5-8-14(9-6-11)10(2)3;1-7-2-4-8(6-9)5-3-7;1-2/h10-11H,4-9H2,1-3H3,(H,13,15);6-7H,2-5H2,1H3;1-2H3. The minimum Gasteiger partial charge on any atom is -0.356 e. The normalized spacial score (nSPS) is 19.1. The summed E-state index contributed by atoms with van der Waals surface area (Å²) in [5.74, 6) is 1.34. The number of carbonyl (C=O) groups excluding carboxylic acids is 2. The molecule has 0 radical (unpaired) electrons. The molecule has 0 aliphatic carbocycles. The van der Waals surface area contributed by atoms with Crippen LogP contribution in [0.4, 0.5) is 0 Å². The lowest BCUT2D eigenvalue weighted by Gasteiger charge is -2.33. The molecular weight excluding hydrogens is 326 g/mol. The maximum Gasteiger partial charge on any atom is 0.223 e. The van der Waals surface area contributed by atoms with Gasteiger partial charge < -0.3 is 15.1 Å². The second-order valence-corrected chi connectivity index (χ2v) is 7.52. The SMILES string of the molecule is CC.CC1CCN(C=O)CC1.CCCNC(=O)C1CCN(C(C)C)CC1. The quantitative estimate of drug-likeness (QED) is 0.754. The van der Waals surface area contributed by atoms with Gasteiger partial charge in [-0.15, -0.1) is 0 Å². The molecule has 154 valence electrons. The van der Waals surface area contributed by atoms with E-state index in [0.29, 0.717) is 6.04 Å². The van der Waals surface area contributed by atoms with E-state index in [9.17, 15) is 9.59 Å². The summed E-state index contributed by atoms with van der Waals surface area (Å²) < 4.78 is 0. The fraction of sp³-hybridized carbons (Fsp3) is 0.905. The van der Waals surface area contributed by atoms with Crippen molar-refractivity contribution in [1.29, 1.82) is 0 Å². The van der Waals surface area contributed by atoms with E-state index in [1.165, 1.54) is 12.8 Å². The first-order valence-electron chi connectivity index (χ1n) is 10.7. The van der Waals surface area contributed by atoms with Crippen LogP contribution in [0.15, 0.2) is 0 Å². The van der Waals surface area contributed by atoms with Gasteiger partial charge in [-0.1, -0.05) is 27.7 Å². The molecule has 0 atom stereocenters. The number of hydrogen-bond acceptors (Lipinski definition) is 3. The largest absolute Gasteiger partial charge is 0.356 e. The molecule has 0 bridgehead atoms. The third-order valence-corrected chi connectivity index (χ3v) is 5.15. The molecule has 2 rings (SSSR count). The molecule has 0 aromatic heterocycles. The predicted molar refractivity (Wildman–Crippen MR) is 110 cm³/mol. The van der Waals surface area contributed by atoms with Gasteiger partial charge in [0, 0.05) is 31.6 Å². The summed E-state index contributed by atoms with van der Waals surface area (Å²) in [5, 5.41) is 2.99. The van der Waals surface area contributed by atoms with Crippen LogP contribution in [0.25, 0.3) is 0 Å². The molecule has 0 unspecified atom stereocenters. The number of nitrogens with one attached hydrogen (secondary N) is 1. The molecule has 5 nitrogen and oxygen atoms in total. The Morgan fingerprint density at radius 3 is 2.04 bits per heavy atom. The van der Waals surface area contributed by atoms with Crippen LogP contribution in [0, 0.1) is 11.8 Å². The fourth-order valence-corrected chi connectivity index (χ4v) is 3.20. The number of rotatable bonds is 5. The first-order chi connectivity index (χ1) is 12.5.